The van der Waals surface area contributed by atoms with Crippen LogP contribution in [0.15, 0.2) is 24.5 Å². The molecule has 6 nitrogen and oxygen atoms in total. The molecule has 1 N–H and O–H groups in total. The van der Waals surface area contributed by atoms with Gasteiger partial charge in [-0.15, -0.1) is 0 Å². The summed E-state index contributed by atoms with van der Waals surface area (Å²) in [5.74, 6) is 2.00. The Hall–Kier alpha value is -2.60. The maximum absolute atomic E-state index is 5.98. The van der Waals surface area contributed by atoms with Gasteiger partial charge in [0.1, 0.15) is 17.7 Å². The first-order valence-corrected chi connectivity index (χ1v) is 6.85. The summed E-state index contributed by atoms with van der Waals surface area (Å²) >= 11 is 5.98. The maximum Gasteiger partial charge on any atom is 0.182 e. The van der Waals surface area contributed by atoms with E-state index in [1.165, 1.54) is 6.33 Å². The Bertz CT molecular complexity index is 845. The number of benzene rings is 1. The highest BCUT2D eigenvalue weighted by atomic mass is 35.5. The van der Waals surface area contributed by atoms with Crippen molar-refractivity contribution < 1.29 is 9.47 Å². The van der Waals surface area contributed by atoms with Gasteiger partial charge in [-0.3, -0.25) is 0 Å². The van der Waals surface area contributed by atoms with Gasteiger partial charge in [-0.2, -0.15) is 0 Å². The second-order valence-corrected chi connectivity index (χ2v) is 4.79. The van der Waals surface area contributed by atoms with Gasteiger partial charge in [-0.05, 0) is 23.8 Å². The van der Waals surface area contributed by atoms with E-state index in [9.17, 15) is 0 Å². The van der Waals surface area contributed by atoms with Crippen LogP contribution in [0, 0.1) is 0 Å². The molecule has 1 aromatic carbocycles. The average molecular weight is 317 g/mol. The molecule has 0 radical (unpaired) electrons. The highest BCUT2D eigenvalue weighted by Crippen LogP contribution is 2.28. The summed E-state index contributed by atoms with van der Waals surface area (Å²) in [5.41, 5.74) is 2.11. The number of H-pyrrole nitrogens is 1. The van der Waals surface area contributed by atoms with Crippen LogP contribution in [-0.2, 0) is 0 Å². The summed E-state index contributed by atoms with van der Waals surface area (Å²) in [6.07, 6.45) is 5.12. The van der Waals surface area contributed by atoms with E-state index in [1.54, 1.807) is 14.2 Å². The smallest absolute Gasteiger partial charge is 0.182 e. The second kappa shape index (κ2) is 6.03. The topological polar surface area (TPSA) is 72.9 Å². The number of hydrogen-bond acceptors (Lipinski definition) is 5. The summed E-state index contributed by atoms with van der Waals surface area (Å²) < 4.78 is 10.5. The highest BCUT2D eigenvalue weighted by Gasteiger charge is 2.06. The Labute approximate surface area is 131 Å². The maximum atomic E-state index is 5.98. The van der Waals surface area contributed by atoms with Gasteiger partial charge in [0.2, 0.25) is 0 Å². The molecule has 0 aliphatic heterocycles. The molecule has 0 aliphatic rings. The molecule has 0 unspecified atom stereocenters. The van der Waals surface area contributed by atoms with E-state index in [-0.39, 0.29) is 0 Å². The monoisotopic (exact) mass is 316 g/mol. The first kappa shape index (κ1) is 14.3. The number of halogens is 1. The number of imidazole rings is 1. The fraction of sp³-hybridized carbons (Fsp3) is 0.133. The van der Waals surface area contributed by atoms with Crippen molar-refractivity contribution in [3.8, 4) is 11.5 Å². The molecule has 7 heteroatoms. The number of aromatic nitrogens is 4. The molecule has 0 spiro atoms. The van der Waals surface area contributed by atoms with E-state index in [2.05, 4.69) is 19.9 Å². The third-order valence-electron chi connectivity index (χ3n) is 3.10. The lowest BCUT2D eigenvalue weighted by Gasteiger charge is -2.07. The average Bonchev–Trinajstić information content (AvgIpc) is 2.97. The van der Waals surface area contributed by atoms with Crippen molar-refractivity contribution >= 4 is 34.9 Å². The first-order chi connectivity index (χ1) is 10.7. The number of ether oxygens (including phenoxy) is 2. The zero-order chi connectivity index (χ0) is 15.5. The van der Waals surface area contributed by atoms with E-state index in [1.807, 2.05) is 30.4 Å². The van der Waals surface area contributed by atoms with Crippen LogP contribution in [0.3, 0.4) is 0 Å². The van der Waals surface area contributed by atoms with Gasteiger partial charge in [-0.25, -0.2) is 15.0 Å². The third-order valence-corrected chi connectivity index (χ3v) is 3.39. The van der Waals surface area contributed by atoms with Crippen LogP contribution in [-0.4, -0.2) is 34.2 Å². The lowest BCUT2D eigenvalue weighted by Crippen LogP contribution is -1.90. The fourth-order valence-electron chi connectivity index (χ4n) is 2.03. The SMILES string of the molecule is COc1ccc(/C=C/c2nc3ncnc(Cl)c3[nH]2)cc1OC. The van der Waals surface area contributed by atoms with Crippen LogP contribution < -0.4 is 9.47 Å². The largest absolute Gasteiger partial charge is 0.493 e. The summed E-state index contributed by atoms with van der Waals surface area (Å²) in [4.78, 5) is 15.4. The molecule has 0 saturated carbocycles. The molecule has 0 bridgehead atoms. The Kier molecular flexibility index (Phi) is 3.93. The zero-order valence-electron chi connectivity index (χ0n) is 12.0. The molecular weight excluding hydrogens is 304 g/mol. The normalized spacial score (nSPS) is 11.2. The second-order valence-electron chi connectivity index (χ2n) is 4.43. The number of methoxy groups -OCH3 is 2. The van der Waals surface area contributed by atoms with Gasteiger partial charge in [0.05, 0.1) is 14.2 Å². The summed E-state index contributed by atoms with van der Waals surface area (Å²) in [5, 5.41) is 0.350. The molecule has 3 aromatic rings. The first-order valence-electron chi connectivity index (χ1n) is 6.47. The molecule has 0 amide bonds. The standard InChI is InChI=1S/C15H13ClN4O2/c1-21-10-5-3-9(7-11(10)22-2)4-6-12-19-13-14(16)17-8-18-15(13)20-12/h3-8H,1-2H3,(H,17,18,19,20)/b6-4+. The summed E-state index contributed by atoms with van der Waals surface area (Å²) in [7, 11) is 3.21. The Morgan fingerprint density at radius 3 is 2.64 bits per heavy atom. The van der Waals surface area contributed by atoms with Crippen molar-refractivity contribution in [2.75, 3.05) is 14.2 Å². The molecule has 22 heavy (non-hydrogen) atoms. The van der Waals surface area contributed by atoms with E-state index in [4.69, 9.17) is 21.1 Å². The van der Waals surface area contributed by atoms with Gasteiger partial charge in [0.25, 0.3) is 0 Å². The van der Waals surface area contributed by atoms with Crippen molar-refractivity contribution in [3.63, 3.8) is 0 Å². The predicted molar refractivity (Wildman–Crippen MR) is 85.2 cm³/mol. The lowest BCUT2D eigenvalue weighted by atomic mass is 10.2. The van der Waals surface area contributed by atoms with E-state index < -0.39 is 0 Å². The van der Waals surface area contributed by atoms with E-state index in [0.717, 1.165) is 5.56 Å². The third kappa shape index (κ3) is 2.73. The summed E-state index contributed by atoms with van der Waals surface area (Å²) in [6.45, 7) is 0. The van der Waals surface area contributed by atoms with Crippen molar-refractivity contribution in [2.24, 2.45) is 0 Å². The minimum atomic E-state index is 0.350. The molecule has 2 heterocycles. The molecule has 3 rings (SSSR count). The van der Waals surface area contributed by atoms with Gasteiger partial charge in [0.15, 0.2) is 22.3 Å². The van der Waals surface area contributed by atoms with Gasteiger partial charge in [-0.1, -0.05) is 23.7 Å². The summed E-state index contributed by atoms with van der Waals surface area (Å²) in [6, 6.07) is 5.65. The predicted octanol–water partition coefficient (Wildman–Crippen LogP) is 3.19. The molecule has 112 valence electrons. The molecule has 0 saturated heterocycles. The Morgan fingerprint density at radius 2 is 1.91 bits per heavy atom. The minimum absolute atomic E-state index is 0.350. The molecule has 0 aliphatic carbocycles. The lowest BCUT2D eigenvalue weighted by molar-refractivity contribution is 0.355. The number of rotatable bonds is 4. The quantitative estimate of drug-likeness (QED) is 0.748. The van der Waals surface area contributed by atoms with Crippen molar-refractivity contribution in [1.29, 1.82) is 0 Å². The van der Waals surface area contributed by atoms with Crippen molar-refractivity contribution in [1.82, 2.24) is 19.9 Å². The van der Waals surface area contributed by atoms with E-state index in [0.29, 0.717) is 33.6 Å². The molecule has 2 aromatic heterocycles. The van der Waals surface area contributed by atoms with Crippen molar-refractivity contribution in [2.45, 2.75) is 0 Å². The van der Waals surface area contributed by atoms with Crippen LogP contribution >= 0.6 is 11.6 Å². The molecule has 0 fully saturated rings. The Balaban J connectivity index is 1.91. The minimum Gasteiger partial charge on any atom is -0.493 e. The fourth-order valence-corrected chi connectivity index (χ4v) is 2.20. The van der Waals surface area contributed by atoms with Crippen LogP contribution in [0.4, 0.5) is 0 Å². The number of nitrogens with zero attached hydrogens (tertiary/aromatic N) is 3. The number of fused-ring (bicyclic) bond motifs is 1. The van der Waals surface area contributed by atoms with Crippen LogP contribution in [0.2, 0.25) is 5.15 Å². The Morgan fingerprint density at radius 1 is 1.09 bits per heavy atom. The highest BCUT2D eigenvalue weighted by molar-refractivity contribution is 6.33. The van der Waals surface area contributed by atoms with Crippen LogP contribution in [0.1, 0.15) is 11.4 Å². The van der Waals surface area contributed by atoms with E-state index >= 15 is 0 Å². The van der Waals surface area contributed by atoms with Gasteiger partial charge in [0, 0.05) is 0 Å². The number of aromatic amines is 1. The van der Waals surface area contributed by atoms with Crippen LogP contribution in [0.25, 0.3) is 23.3 Å². The van der Waals surface area contributed by atoms with Crippen molar-refractivity contribution in [3.05, 3.63) is 41.1 Å². The van der Waals surface area contributed by atoms with Gasteiger partial charge < -0.3 is 14.5 Å². The number of hydrogen-bond donors (Lipinski definition) is 1. The molecular formula is C15H13ClN4O2. The molecule has 0 atom stereocenters. The number of nitrogens with one attached hydrogen (secondary N) is 1. The zero-order valence-corrected chi connectivity index (χ0v) is 12.8. The van der Waals surface area contributed by atoms with Crippen LogP contribution in [0.5, 0.6) is 11.5 Å². The van der Waals surface area contributed by atoms with Gasteiger partial charge >= 0.3 is 0 Å².